The van der Waals surface area contributed by atoms with Crippen molar-refractivity contribution in [1.82, 2.24) is 0 Å². The Balaban J connectivity index is 2.52. The summed E-state index contributed by atoms with van der Waals surface area (Å²) in [4.78, 5) is 0. The zero-order chi connectivity index (χ0) is 31.1. The van der Waals surface area contributed by atoms with E-state index in [0.717, 1.165) is 14.2 Å². The van der Waals surface area contributed by atoms with E-state index in [0.29, 0.717) is 12.8 Å². The van der Waals surface area contributed by atoms with Gasteiger partial charge in [0.05, 0.1) is 0 Å². The van der Waals surface area contributed by atoms with Crippen LogP contribution in [0.15, 0.2) is 0 Å². The van der Waals surface area contributed by atoms with E-state index in [4.69, 9.17) is 20.7 Å². The molecular weight excluding hydrogens is 651 g/mol. The van der Waals surface area contributed by atoms with Crippen LogP contribution in [-0.2, 0) is 56.0 Å². The predicted molar refractivity (Wildman–Crippen MR) is 125 cm³/mol. The molecule has 0 aliphatic heterocycles. The Labute approximate surface area is 239 Å². The number of hydrogen-bond donors (Lipinski definition) is 0. The zero-order valence-electron chi connectivity index (χ0n) is 23.4. The molecule has 0 fully saturated rings. The van der Waals surface area contributed by atoms with Crippen LogP contribution in [0.1, 0.15) is 75.0 Å². The van der Waals surface area contributed by atoms with Crippen LogP contribution in [0.2, 0.25) is 0 Å². The quantitative estimate of drug-likeness (QED) is 0.134. The third kappa shape index (κ3) is 7.93. The Morgan fingerprint density at radius 2 is 0.805 bits per heavy atom. The van der Waals surface area contributed by atoms with Gasteiger partial charge in [-0.25, -0.2) is 0 Å². The normalized spacial score (nSPS) is 13.6. The van der Waals surface area contributed by atoms with Gasteiger partial charge < -0.3 is 0 Å². The van der Waals surface area contributed by atoms with Gasteiger partial charge in [0, 0.05) is 0 Å². The summed E-state index contributed by atoms with van der Waals surface area (Å²) in [5, 5.41) is 0. The summed E-state index contributed by atoms with van der Waals surface area (Å²) >= 11 is -5.62. The van der Waals surface area contributed by atoms with Crippen LogP contribution in [0.3, 0.4) is 0 Å². The Morgan fingerprint density at radius 1 is 0.512 bits per heavy atom. The molecule has 0 spiro atoms. The second-order valence-electron chi connectivity index (χ2n) is 8.83. The van der Waals surface area contributed by atoms with Crippen LogP contribution in [0.4, 0.5) is 35.1 Å². The van der Waals surface area contributed by atoms with Gasteiger partial charge >= 0.3 is 240 Å². The van der Waals surface area contributed by atoms with E-state index in [1.807, 2.05) is 0 Å². The van der Waals surface area contributed by atoms with E-state index in [2.05, 4.69) is 0 Å². The Kier molecular flexibility index (Phi) is 13.8. The first kappa shape index (κ1) is 35.7. The molecule has 232 valence electrons. The second-order valence-corrected chi connectivity index (χ2v) is 14.1. The molecule has 0 amide bonds. The van der Waals surface area contributed by atoms with E-state index < -0.39 is 116 Å². The van der Waals surface area contributed by atoms with Gasteiger partial charge in [0.15, 0.2) is 0 Å². The Bertz CT molecular complexity index is 1050. The molecule has 15 heteroatoms. The Hall–Kier alpha value is -1.48. The number of benzene rings is 2. The van der Waals surface area contributed by atoms with Crippen LogP contribution in [0, 0.1) is 46.5 Å². The molecule has 0 aliphatic carbocycles. The standard InChI is InChI=1S/2C10H9F4O2.2C3H7O.Zr/c2*1-4(16-2)6-9(13)7(11)5(3-15)8(12)10(6)14;2*1-2-3-4;/h2*4H,3H2,1-2H3;2*2-3H2,1H3;/q4*-1;+4. The number of hydrogen-bond acceptors (Lipinski definition) is 6. The minimum atomic E-state index is -5.62. The van der Waals surface area contributed by atoms with Gasteiger partial charge in [-0.2, -0.15) is 0 Å². The maximum atomic E-state index is 14.8. The van der Waals surface area contributed by atoms with Gasteiger partial charge in [0.1, 0.15) is 0 Å². The fourth-order valence-electron chi connectivity index (χ4n) is 3.62. The SMILES string of the molecule is CCC[O][Zr]([O]CCC)([O]Cc1c(F)c(F)c(C(C)OC)c(F)c1F)[O]Cc1c(F)c(F)c(C(C)OC)c(F)c1F. The van der Waals surface area contributed by atoms with Crippen LogP contribution < -0.4 is 0 Å². The average Bonchev–Trinajstić information content (AvgIpc) is 2.96. The van der Waals surface area contributed by atoms with Crippen molar-refractivity contribution in [2.24, 2.45) is 0 Å². The molecule has 0 aliphatic rings. The molecule has 0 aromatic heterocycles. The number of ether oxygens (including phenoxy) is 2. The minimum absolute atomic E-state index is 0.129. The van der Waals surface area contributed by atoms with E-state index in [1.54, 1.807) is 13.8 Å². The van der Waals surface area contributed by atoms with Crippen LogP contribution in [-0.4, -0.2) is 27.4 Å². The first-order chi connectivity index (χ1) is 19.3. The van der Waals surface area contributed by atoms with Gasteiger partial charge in [-0.15, -0.1) is 0 Å². The summed E-state index contributed by atoms with van der Waals surface area (Å²) in [6, 6.07) is 0. The van der Waals surface area contributed by atoms with Gasteiger partial charge in [-0.3, -0.25) is 0 Å². The average molecular weight is 684 g/mol. The summed E-state index contributed by atoms with van der Waals surface area (Å²) in [7, 11) is 2.17. The molecule has 0 N–H and O–H groups in total. The molecule has 2 aromatic carbocycles. The zero-order valence-corrected chi connectivity index (χ0v) is 25.8. The fraction of sp³-hybridized carbons (Fsp3) is 0.538. The summed E-state index contributed by atoms with van der Waals surface area (Å²) in [6.45, 7) is 3.08. The molecule has 2 atom stereocenters. The first-order valence-electron chi connectivity index (χ1n) is 12.6. The first-order valence-corrected chi connectivity index (χ1v) is 16.6. The maximum absolute atomic E-state index is 14.8. The summed E-state index contributed by atoms with van der Waals surface area (Å²) in [5.74, 6) is -14.0. The van der Waals surface area contributed by atoms with E-state index in [-0.39, 0.29) is 13.2 Å². The summed E-state index contributed by atoms with van der Waals surface area (Å²) in [5.41, 5.74) is -4.32. The third-order valence-corrected chi connectivity index (χ3v) is 11.2. The molecule has 41 heavy (non-hydrogen) atoms. The topological polar surface area (TPSA) is 55.4 Å². The van der Waals surface area contributed by atoms with Gasteiger partial charge in [-0.1, -0.05) is 0 Å². The Morgan fingerprint density at radius 3 is 1.05 bits per heavy atom. The van der Waals surface area contributed by atoms with Crippen molar-refractivity contribution >= 4 is 0 Å². The number of methoxy groups -OCH3 is 2. The molecule has 0 radical (unpaired) electrons. The van der Waals surface area contributed by atoms with Crippen molar-refractivity contribution in [2.75, 3.05) is 27.4 Å². The van der Waals surface area contributed by atoms with E-state index >= 15 is 0 Å². The van der Waals surface area contributed by atoms with E-state index in [9.17, 15) is 35.1 Å². The molecule has 6 nitrogen and oxygen atoms in total. The second kappa shape index (κ2) is 15.8. The molecule has 2 unspecified atom stereocenters. The van der Waals surface area contributed by atoms with Gasteiger partial charge in [0.2, 0.25) is 0 Å². The summed E-state index contributed by atoms with van der Waals surface area (Å²) in [6.07, 6.45) is -2.02. The number of rotatable bonds is 16. The van der Waals surface area contributed by atoms with Gasteiger partial charge in [0.25, 0.3) is 0 Å². The van der Waals surface area contributed by atoms with Crippen LogP contribution >= 0.6 is 0 Å². The fourth-order valence-corrected chi connectivity index (χ4v) is 8.66. The van der Waals surface area contributed by atoms with Gasteiger partial charge in [-0.05, 0) is 0 Å². The molecular formula is C26H32F8O6Zr. The van der Waals surface area contributed by atoms with E-state index in [1.165, 1.54) is 13.8 Å². The monoisotopic (exact) mass is 682 g/mol. The molecule has 0 saturated heterocycles. The predicted octanol–water partition coefficient (Wildman–Crippen LogP) is 7.61. The summed E-state index contributed by atoms with van der Waals surface area (Å²) < 4.78 is 150. The number of halogens is 8. The van der Waals surface area contributed by atoms with Crippen molar-refractivity contribution < 1.29 is 77.9 Å². The van der Waals surface area contributed by atoms with Crippen LogP contribution in [0.25, 0.3) is 0 Å². The van der Waals surface area contributed by atoms with Crippen LogP contribution in [0.5, 0.6) is 0 Å². The molecule has 2 rings (SSSR count). The molecule has 0 heterocycles. The van der Waals surface area contributed by atoms with Crippen molar-refractivity contribution in [3.8, 4) is 0 Å². The molecule has 0 saturated carbocycles. The molecule has 0 bridgehead atoms. The van der Waals surface area contributed by atoms with Crippen molar-refractivity contribution in [1.29, 1.82) is 0 Å². The van der Waals surface area contributed by atoms with Crippen molar-refractivity contribution in [3.05, 3.63) is 68.8 Å². The van der Waals surface area contributed by atoms with Crippen molar-refractivity contribution in [2.45, 2.75) is 66.0 Å². The molecule has 2 aromatic rings. The van der Waals surface area contributed by atoms with Crippen molar-refractivity contribution in [3.63, 3.8) is 0 Å². The third-order valence-electron chi connectivity index (χ3n) is 6.05.